The third-order valence-electron chi connectivity index (χ3n) is 4.96. The van der Waals surface area contributed by atoms with E-state index in [1.165, 1.54) is 17.8 Å². The number of aromatic nitrogens is 3. The van der Waals surface area contributed by atoms with Gasteiger partial charge in [-0.05, 0) is 31.2 Å². The number of likely N-dealkylation sites (tertiary alicyclic amines) is 1. The Morgan fingerprint density at radius 1 is 1.33 bits per heavy atom. The van der Waals surface area contributed by atoms with Gasteiger partial charge in [0.15, 0.2) is 0 Å². The molecule has 1 fully saturated rings. The van der Waals surface area contributed by atoms with Crippen LogP contribution in [-0.2, 0) is 19.4 Å². The van der Waals surface area contributed by atoms with E-state index in [4.69, 9.17) is 0 Å². The van der Waals surface area contributed by atoms with Crippen LogP contribution in [0.3, 0.4) is 0 Å². The van der Waals surface area contributed by atoms with Crippen molar-refractivity contribution in [3.8, 4) is 0 Å². The Morgan fingerprint density at radius 3 is 2.96 bits per heavy atom. The summed E-state index contributed by atoms with van der Waals surface area (Å²) in [6, 6.07) is 1.78. The summed E-state index contributed by atoms with van der Waals surface area (Å²) in [6.45, 7) is 3.07. The zero-order chi connectivity index (χ0) is 16.5. The van der Waals surface area contributed by atoms with E-state index in [0.717, 1.165) is 49.3 Å². The molecule has 2 aromatic heterocycles. The molecule has 1 atom stereocenters. The summed E-state index contributed by atoms with van der Waals surface area (Å²) in [5.41, 5.74) is 4.76. The molecule has 7 heteroatoms. The van der Waals surface area contributed by atoms with Crippen LogP contribution in [-0.4, -0.2) is 44.4 Å². The molecule has 0 bridgehead atoms. The van der Waals surface area contributed by atoms with E-state index in [2.05, 4.69) is 15.0 Å². The van der Waals surface area contributed by atoms with Gasteiger partial charge in [-0.1, -0.05) is 0 Å². The van der Waals surface area contributed by atoms with Crippen molar-refractivity contribution in [1.82, 2.24) is 19.7 Å². The van der Waals surface area contributed by atoms with Gasteiger partial charge < -0.3 is 5.11 Å². The largest absolute Gasteiger partial charge is 0.385 e. The van der Waals surface area contributed by atoms with Gasteiger partial charge in [-0.3, -0.25) is 9.69 Å². The number of aliphatic hydroxyl groups is 1. The van der Waals surface area contributed by atoms with Gasteiger partial charge in [0, 0.05) is 37.0 Å². The van der Waals surface area contributed by atoms with Crippen LogP contribution in [0.5, 0.6) is 0 Å². The highest BCUT2D eigenvalue weighted by Crippen LogP contribution is 2.22. The molecule has 0 amide bonds. The highest BCUT2D eigenvalue weighted by molar-refractivity contribution is 7.07. The van der Waals surface area contributed by atoms with Crippen LogP contribution < -0.4 is 5.56 Å². The zero-order valence-electron chi connectivity index (χ0n) is 13.6. The summed E-state index contributed by atoms with van der Waals surface area (Å²) in [5.74, 6) is 0.430. The number of thiazole rings is 1. The standard InChI is InChI=1S/C17H22N4O2S/c22-16(15-10-24-11-18-15)9-20-6-12(7-20)8-21-17(23)5-13-3-1-2-4-14(13)19-21/h5,10-12,16,22H,1-4,6-9H2. The van der Waals surface area contributed by atoms with E-state index >= 15 is 0 Å². The number of nitrogens with zero attached hydrogens (tertiary/aromatic N) is 4. The van der Waals surface area contributed by atoms with Crippen LogP contribution in [0.25, 0.3) is 0 Å². The lowest BCUT2D eigenvalue weighted by Crippen LogP contribution is -2.50. The lowest BCUT2D eigenvalue weighted by molar-refractivity contribution is 0.0299. The zero-order valence-corrected chi connectivity index (χ0v) is 14.4. The topological polar surface area (TPSA) is 71.2 Å². The van der Waals surface area contributed by atoms with Crippen LogP contribution in [0, 0.1) is 5.92 Å². The van der Waals surface area contributed by atoms with Gasteiger partial charge in [-0.15, -0.1) is 11.3 Å². The molecule has 1 N–H and O–H groups in total. The van der Waals surface area contributed by atoms with Crippen molar-refractivity contribution in [1.29, 1.82) is 0 Å². The van der Waals surface area contributed by atoms with Crippen molar-refractivity contribution >= 4 is 11.3 Å². The van der Waals surface area contributed by atoms with Crippen LogP contribution in [0.1, 0.15) is 35.9 Å². The van der Waals surface area contributed by atoms with Crippen LogP contribution in [0.2, 0.25) is 0 Å². The van der Waals surface area contributed by atoms with E-state index in [1.54, 1.807) is 16.3 Å². The molecule has 1 aliphatic heterocycles. The van der Waals surface area contributed by atoms with Gasteiger partial charge in [0.1, 0.15) is 6.10 Å². The smallest absolute Gasteiger partial charge is 0.267 e. The summed E-state index contributed by atoms with van der Waals surface area (Å²) in [7, 11) is 0. The molecule has 24 heavy (non-hydrogen) atoms. The van der Waals surface area contributed by atoms with Gasteiger partial charge >= 0.3 is 0 Å². The maximum absolute atomic E-state index is 12.2. The predicted molar refractivity (Wildman–Crippen MR) is 92.1 cm³/mol. The fourth-order valence-electron chi connectivity index (χ4n) is 3.64. The third-order valence-corrected chi connectivity index (χ3v) is 5.57. The first kappa shape index (κ1) is 15.9. The van der Waals surface area contributed by atoms with E-state index in [-0.39, 0.29) is 5.56 Å². The molecule has 1 unspecified atom stereocenters. The Hall–Kier alpha value is -1.57. The summed E-state index contributed by atoms with van der Waals surface area (Å²) < 4.78 is 1.64. The second kappa shape index (κ2) is 6.74. The number of aryl methyl sites for hydroxylation is 2. The highest BCUT2D eigenvalue weighted by Gasteiger charge is 2.30. The second-order valence-electron chi connectivity index (χ2n) is 6.86. The fraction of sp³-hybridized carbons (Fsp3) is 0.588. The number of hydrogen-bond donors (Lipinski definition) is 1. The monoisotopic (exact) mass is 346 g/mol. The Morgan fingerprint density at radius 2 is 2.17 bits per heavy atom. The van der Waals surface area contributed by atoms with E-state index in [9.17, 15) is 9.90 Å². The molecule has 6 nitrogen and oxygen atoms in total. The molecule has 0 radical (unpaired) electrons. The second-order valence-corrected chi connectivity index (χ2v) is 7.58. The summed E-state index contributed by atoms with van der Waals surface area (Å²) in [6.07, 6.45) is 3.79. The van der Waals surface area contributed by atoms with Crippen molar-refractivity contribution in [2.45, 2.75) is 38.3 Å². The number of β-amino-alcohol motifs (C(OH)–C–C–N with tert-alkyl or cyclic N) is 1. The lowest BCUT2D eigenvalue weighted by atomic mass is 9.96. The quantitative estimate of drug-likeness (QED) is 0.882. The summed E-state index contributed by atoms with van der Waals surface area (Å²) in [5, 5.41) is 16.6. The van der Waals surface area contributed by atoms with Crippen molar-refractivity contribution in [3.63, 3.8) is 0 Å². The minimum absolute atomic E-state index is 0.0246. The minimum Gasteiger partial charge on any atom is -0.385 e. The predicted octanol–water partition coefficient (Wildman–Crippen LogP) is 1.24. The molecule has 1 saturated heterocycles. The molecule has 2 aliphatic rings. The first-order chi connectivity index (χ1) is 11.7. The van der Waals surface area contributed by atoms with Gasteiger partial charge in [0.25, 0.3) is 5.56 Å². The molecule has 4 rings (SSSR count). The van der Waals surface area contributed by atoms with Crippen molar-refractivity contribution < 1.29 is 5.11 Å². The maximum atomic E-state index is 12.2. The maximum Gasteiger partial charge on any atom is 0.267 e. The van der Waals surface area contributed by atoms with E-state index < -0.39 is 6.10 Å². The molecule has 3 heterocycles. The Balaban J connectivity index is 1.33. The number of hydrogen-bond acceptors (Lipinski definition) is 6. The molecule has 128 valence electrons. The molecule has 1 aliphatic carbocycles. The first-order valence-corrected chi connectivity index (χ1v) is 9.52. The lowest BCUT2D eigenvalue weighted by Gasteiger charge is -2.40. The van der Waals surface area contributed by atoms with Crippen LogP contribution in [0.15, 0.2) is 21.8 Å². The normalized spacial score (nSPS) is 19.7. The first-order valence-electron chi connectivity index (χ1n) is 8.57. The van der Waals surface area contributed by atoms with E-state index in [1.807, 2.05) is 5.38 Å². The molecule has 0 saturated carbocycles. The molecule has 0 aromatic carbocycles. The van der Waals surface area contributed by atoms with E-state index in [0.29, 0.717) is 19.0 Å². The van der Waals surface area contributed by atoms with Crippen molar-refractivity contribution in [2.75, 3.05) is 19.6 Å². The number of rotatable bonds is 5. The molecule has 0 spiro atoms. The van der Waals surface area contributed by atoms with Crippen molar-refractivity contribution in [3.05, 3.63) is 44.3 Å². The number of fused-ring (bicyclic) bond motifs is 1. The SMILES string of the molecule is O=c1cc2c(nn1CC1CN(CC(O)c3cscn3)C1)CCCC2. The Bertz CT molecular complexity index is 752. The minimum atomic E-state index is -0.526. The third kappa shape index (κ3) is 3.29. The highest BCUT2D eigenvalue weighted by atomic mass is 32.1. The van der Waals surface area contributed by atoms with Gasteiger partial charge in [0.05, 0.1) is 23.4 Å². The number of aliphatic hydroxyl groups excluding tert-OH is 1. The van der Waals surface area contributed by atoms with Gasteiger partial charge in [0.2, 0.25) is 0 Å². The van der Waals surface area contributed by atoms with Gasteiger partial charge in [-0.25, -0.2) is 9.67 Å². The average molecular weight is 346 g/mol. The Kier molecular flexibility index (Phi) is 4.47. The Labute approximate surface area is 144 Å². The fourth-order valence-corrected chi connectivity index (χ4v) is 4.24. The van der Waals surface area contributed by atoms with Crippen molar-refractivity contribution in [2.24, 2.45) is 5.92 Å². The molecular formula is C17H22N4O2S. The molecular weight excluding hydrogens is 324 g/mol. The van der Waals surface area contributed by atoms with Crippen LogP contribution in [0.4, 0.5) is 0 Å². The van der Waals surface area contributed by atoms with Gasteiger partial charge in [-0.2, -0.15) is 5.10 Å². The van der Waals surface area contributed by atoms with Crippen LogP contribution >= 0.6 is 11.3 Å². The average Bonchev–Trinajstić information content (AvgIpc) is 3.07. The molecule has 2 aromatic rings. The summed E-state index contributed by atoms with van der Waals surface area (Å²) in [4.78, 5) is 18.6. The summed E-state index contributed by atoms with van der Waals surface area (Å²) >= 11 is 1.50.